The van der Waals surface area contributed by atoms with Crippen molar-refractivity contribution in [1.82, 2.24) is 15.0 Å². The van der Waals surface area contributed by atoms with E-state index >= 15 is 0 Å². The normalized spacial score (nSPS) is 16.0. The Labute approximate surface area is 122 Å². The smallest absolute Gasteiger partial charge is 0.228 e. The lowest BCUT2D eigenvalue weighted by Gasteiger charge is -2.33. The number of nitriles is 1. The van der Waals surface area contributed by atoms with Gasteiger partial charge in [-0.25, -0.2) is 0 Å². The van der Waals surface area contributed by atoms with Crippen LogP contribution in [0, 0.1) is 11.3 Å². The fourth-order valence-corrected chi connectivity index (χ4v) is 2.58. The number of fused-ring (bicyclic) bond motifs is 1. The van der Waals surface area contributed by atoms with Crippen molar-refractivity contribution in [2.75, 3.05) is 32.7 Å². The van der Waals surface area contributed by atoms with Gasteiger partial charge in [0.25, 0.3) is 0 Å². The zero-order valence-corrected chi connectivity index (χ0v) is 11.7. The van der Waals surface area contributed by atoms with Crippen LogP contribution in [0.5, 0.6) is 0 Å². The predicted octanol–water partition coefficient (Wildman–Crippen LogP) is 1.04. The molecule has 0 saturated carbocycles. The van der Waals surface area contributed by atoms with Crippen LogP contribution in [0.1, 0.15) is 5.69 Å². The van der Waals surface area contributed by atoms with Gasteiger partial charge in [0.05, 0.1) is 19.0 Å². The van der Waals surface area contributed by atoms with E-state index in [0.717, 1.165) is 18.5 Å². The molecule has 2 heterocycles. The van der Waals surface area contributed by atoms with Crippen molar-refractivity contribution in [1.29, 1.82) is 5.26 Å². The third-order valence-corrected chi connectivity index (χ3v) is 3.79. The van der Waals surface area contributed by atoms with Crippen molar-refractivity contribution in [3.05, 3.63) is 30.0 Å². The van der Waals surface area contributed by atoms with Gasteiger partial charge in [0, 0.05) is 31.6 Å². The third kappa shape index (κ3) is 2.88. The van der Waals surface area contributed by atoms with Crippen LogP contribution < -0.4 is 0 Å². The monoisotopic (exact) mass is 284 g/mol. The van der Waals surface area contributed by atoms with Crippen LogP contribution in [0.25, 0.3) is 11.0 Å². The molecular formula is C15H16N4O2. The van der Waals surface area contributed by atoms with Gasteiger partial charge in [-0.15, -0.1) is 0 Å². The molecule has 3 rings (SSSR count). The Hall–Kier alpha value is -2.39. The Kier molecular flexibility index (Phi) is 3.84. The first-order valence-corrected chi connectivity index (χ1v) is 6.98. The second kappa shape index (κ2) is 5.94. The number of carbonyl (C=O) groups excluding carboxylic acids is 1. The van der Waals surface area contributed by atoms with Gasteiger partial charge in [0.1, 0.15) is 5.69 Å². The van der Waals surface area contributed by atoms with Crippen molar-refractivity contribution >= 4 is 16.9 Å². The van der Waals surface area contributed by atoms with E-state index in [1.807, 2.05) is 29.2 Å². The SMILES string of the molecule is N#CCN1CCN(C(=O)Cc2noc3ccccc23)CC1. The number of nitrogens with zero attached hydrogens (tertiary/aromatic N) is 4. The van der Waals surface area contributed by atoms with Gasteiger partial charge in [-0.05, 0) is 12.1 Å². The molecule has 6 nitrogen and oxygen atoms in total. The molecule has 1 aliphatic heterocycles. The quantitative estimate of drug-likeness (QED) is 0.787. The highest BCUT2D eigenvalue weighted by atomic mass is 16.5. The van der Waals surface area contributed by atoms with E-state index in [4.69, 9.17) is 9.78 Å². The molecule has 6 heteroatoms. The molecule has 0 atom stereocenters. The first-order valence-electron chi connectivity index (χ1n) is 6.98. The number of carbonyl (C=O) groups is 1. The second-order valence-corrected chi connectivity index (χ2v) is 5.12. The molecule has 1 aliphatic rings. The maximum Gasteiger partial charge on any atom is 0.228 e. The van der Waals surface area contributed by atoms with E-state index < -0.39 is 0 Å². The molecule has 1 aromatic carbocycles. The van der Waals surface area contributed by atoms with Gasteiger partial charge in [-0.1, -0.05) is 17.3 Å². The molecule has 2 aromatic rings. The minimum atomic E-state index is 0.0608. The topological polar surface area (TPSA) is 73.4 Å². The summed E-state index contributed by atoms with van der Waals surface area (Å²) < 4.78 is 5.22. The summed E-state index contributed by atoms with van der Waals surface area (Å²) in [5.74, 6) is 0.0608. The molecule has 0 aliphatic carbocycles. The highest BCUT2D eigenvalue weighted by Gasteiger charge is 2.22. The number of aromatic nitrogens is 1. The fraction of sp³-hybridized carbons (Fsp3) is 0.400. The Bertz CT molecular complexity index is 680. The lowest BCUT2D eigenvalue weighted by Crippen LogP contribution is -2.49. The number of hydrogen-bond donors (Lipinski definition) is 0. The molecule has 0 N–H and O–H groups in total. The van der Waals surface area contributed by atoms with Crippen LogP contribution in [-0.4, -0.2) is 53.6 Å². The Balaban J connectivity index is 1.63. The van der Waals surface area contributed by atoms with Crippen LogP contribution in [0.15, 0.2) is 28.8 Å². The summed E-state index contributed by atoms with van der Waals surface area (Å²) in [5, 5.41) is 13.6. The molecule has 21 heavy (non-hydrogen) atoms. The minimum Gasteiger partial charge on any atom is -0.356 e. The van der Waals surface area contributed by atoms with Gasteiger partial charge in [0.15, 0.2) is 5.58 Å². The van der Waals surface area contributed by atoms with Crippen molar-refractivity contribution in [2.24, 2.45) is 0 Å². The van der Waals surface area contributed by atoms with Gasteiger partial charge in [-0.3, -0.25) is 9.69 Å². The first kappa shape index (κ1) is 13.6. The summed E-state index contributed by atoms with van der Waals surface area (Å²) in [6.07, 6.45) is 0.259. The maximum atomic E-state index is 12.3. The van der Waals surface area contributed by atoms with E-state index in [9.17, 15) is 4.79 Å². The number of benzene rings is 1. The lowest BCUT2D eigenvalue weighted by atomic mass is 10.1. The molecule has 1 aromatic heterocycles. The van der Waals surface area contributed by atoms with Gasteiger partial charge in [0.2, 0.25) is 5.91 Å². The molecule has 1 saturated heterocycles. The van der Waals surface area contributed by atoms with Gasteiger partial charge >= 0.3 is 0 Å². The number of amides is 1. The Morgan fingerprint density at radius 1 is 1.29 bits per heavy atom. The average Bonchev–Trinajstić information content (AvgIpc) is 2.92. The highest BCUT2D eigenvalue weighted by molar-refractivity contribution is 5.86. The molecule has 0 radical (unpaired) electrons. The van der Waals surface area contributed by atoms with Crippen molar-refractivity contribution < 1.29 is 9.32 Å². The number of para-hydroxylation sites is 1. The molecule has 0 spiro atoms. The number of rotatable bonds is 3. The van der Waals surface area contributed by atoms with E-state index in [2.05, 4.69) is 16.1 Å². The Morgan fingerprint density at radius 3 is 2.81 bits per heavy atom. The third-order valence-electron chi connectivity index (χ3n) is 3.79. The van der Waals surface area contributed by atoms with Crippen LogP contribution >= 0.6 is 0 Å². The van der Waals surface area contributed by atoms with E-state index in [0.29, 0.717) is 30.9 Å². The van der Waals surface area contributed by atoms with E-state index in [-0.39, 0.29) is 12.3 Å². The second-order valence-electron chi connectivity index (χ2n) is 5.12. The van der Waals surface area contributed by atoms with Gasteiger partial charge < -0.3 is 9.42 Å². The zero-order valence-electron chi connectivity index (χ0n) is 11.7. The molecular weight excluding hydrogens is 268 g/mol. The zero-order chi connectivity index (χ0) is 14.7. The highest BCUT2D eigenvalue weighted by Crippen LogP contribution is 2.18. The standard InChI is InChI=1S/C15H16N4O2/c16-5-6-18-7-9-19(10-8-18)15(20)11-13-12-3-1-2-4-14(12)21-17-13/h1-4H,6-11H2. The van der Waals surface area contributed by atoms with Crippen molar-refractivity contribution in [2.45, 2.75) is 6.42 Å². The first-order chi connectivity index (χ1) is 10.3. The average molecular weight is 284 g/mol. The minimum absolute atomic E-state index is 0.0608. The summed E-state index contributed by atoms with van der Waals surface area (Å²) in [7, 11) is 0. The predicted molar refractivity (Wildman–Crippen MR) is 76.3 cm³/mol. The number of piperazine rings is 1. The summed E-state index contributed by atoms with van der Waals surface area (Å²) in [4.78, 5) is 16.2. The largest absolute Gasteiger partial charge is 0.356 e. The molecule has 0 unspecified atom stereocenters. The number of hydrogen-bond acceptors (Lipinski definition) is 5. The van der Waals surface area contributed by atoms with E-state index in [1.54, 1.807) is 0 Å². The summed E-state index contributed by atoms with van der Waals surface area (Å²) in [6, 6.07) is 9.69. The van der Waals surface area contributed by atoms with Crippen LogP contribution in [-0.2, 0) is 11.2 Å². The maximum absolute atomic E-state index is 12.3. The van der Waals surface area contributed by atoms with Crippen molar-refractivity contribution in [3.63, 3.8) is 0 Å². The van der Waals surface area contributed by atoms with Crippen molar-refractivity contribution in [3.8, 4) is 6.07 Å². The molecule has 1 fully saturated rings. The molecule has 0 bridgehead atoms. The summed E-state index contributed by atoms with van der Waals surface area (Å²) in [6.45, 7) is 3.25. The molecule has 108 valence electrons. The van der Waals surface area contributed by atoms with Crippen LogP contribution in [0.3, 0.4) is 0 Å². The molecule has 1 amide bonds. The van der Waals surface area contributed by atoms with Gasteiger partial charge in [-0.2, -0.15) is 5.26 Å². The van der Waals surface area contributed by atoms with Crippen LogP contribution in [0.2, 0.25) is 0 Å². The lowest BCUT2D eigenvalue weighted by molar-refractivity contribution is -0.132. The van der Waals surface area contributed by atoms with Crippen LogP contribution in [0.4, 0.5) is 0 Å². The summed E-state index contributed by atoms with van der Waals surface area (Å²) >= 11 is 0. The summed E-state index contributed by atoms with van der Waals surface area (Å²) in [5.41, 5.74) is 1.40. The van der Waals surface area contributed by atoms with E-state index in [1.165, 1.54) is 0 Å². The fourth-order valence-electron chi connectivity index (χ4n) is 2.58. The Morgan fingerprint density at radius 2 is 2.05 bits per heavy atom.